The Morgan fingerprint density at radius 1 is 1.06 bits per heavy atom. The third-order valence-corrected chi connectivity index (χ3v) is 7.81. The molecule has 6 nitrogen and oxygen atoms in total. The van der Waals surface area contributed by atoms with Gasteiger partial charge < -0.3 is 19.7 Å². The lowest BCUT2D eigenvalue weighted by Gasteiger charge is -2.38. The number of hydrogen-bond acceptors (Lipinski definition) is 5. The van der Waals surface area contributed by atoms with E-state index in [-0.39, 0.29) is 11.3 Å². The standard InChI is InChI=1S/C30H43N3O3/c1-21-26(36-20-22-10-12-23(13-11-22)30(2,3)4)14-17-31-28(21)29(34)33-18-15-24(16-19-33)32-25-8-6-7-9-27(25)35-5/h10-14,17,24-25,27,32H,6-9,15-16,18-20H2,1-5H3/t25-,27+/m0/s1. The summed E-state index contributed by atoms with van der Waals surface area (Å²) in [5.74, 6) is 0.714. The van der Waals surface area contributed by atoms with Crippen molar-refractivity contribution in [3.63, 3.8) is 0 Å². The van der Waals surface area contributed by atoms with Crippen LogP contribution in [0.4, 0.5) is 0 Å². The maximum atomic E-state index is 13.3. The van der Waals surface area contributed by atoms with Gasteiger partial charge in [-0.1, -0.05) is 57.9 Å². The van der Waals surface area contributed by atoms with Crippen LogP contribution in [-0.2, 0) is 16.8 Å². The molecule has 36 heavy (non-hydrogen) atoms. The molecular weight excluding hydrogens is 450 g/mol. The Kier molecular flexibility index (Phi) is 8.68. The molecule has 2 aliphatic rings. The molecule has 2 fully saturated rings. The van der Waals surface area contributed by atoms with Crippen molar-refractivity contribution < 1.29 is 14.3 Å². The highest BCUT2D eigenvalue weighted by atomic mass is 16.5. The zero-order chi connectivity index (χ0) is 25.7. The van der Waals surface area contributed by atoms with Crippen LogP contribution in [0, 0.1) is 6.92 Å². The van der Waals surface area contributed by atoms with Gasteiger partial charge in [0.25, 0.3) is 5.91 Å². The van der Waals surface area contributed by atoms with Crippen LogP contribution >= 0.6 is 0 Å². The molecule has 1 aromatic carbocycles. The van der Waals surface area contributed by atoms with Crippen LogP contribution in [0.2, 0.25) is 0 Å². The molecule has 2 aromatic rings. The first-order valence-corrected chi connectivity index (χ1v) is 13.5. The molecule has 1 N–H and O–H groups in total. The van der Waals surface area contributed by atoms with Crippen molar-refractivity contribution in [2.24, 2.45) is 0 Å². The molecule has 0 bridgehead atoms. The molecule has 6 heteroatoms. The lowest BCUT2D eigenvalue weighted by atomic mass is 9.87. The van der Waals surface area contributed by atoms with Gasteiger partial charge in [-0.05, 0) is 55.2 Å². The van der Waals surface area contributed by atoms with E-state index in [4.69, 9.17) is 9.47 Å². The first kappa shape index (κ1) is 26.6. The third kappa shape index (κ3) is 6.46. The van der Waals surface area contributed by atoms with E-state index < -0.39 is 0 Å². The molecule has 2 atom stereocenters. The van der Waals surface area contributed by atoms with Crippen LogP contribution in [0.15, 0.2) is 36.5 Å². The van der Waals surface area contributed by atoms with Crippen molar-refractivity contribution in [1.82, 2.24) is 15.2 Å². The van der Waals surface area contributed by atoms with Gasteiger partial charge in [-0.2, -0.15) is 0 Å². The smallest absolute Gasteiger partial charge is 0.272 e. The van der Waals surface area contributed by atoms with Gasteiger partial charge in [-0.25, -0.2) is 0 Å². The second kappa shape index (κ2) is 11.7. The Balaban J connectivity index is 1.32. The molecule has 1 saturated carbocycles. The maximum Gasteiger partial charge on any atom is 0.272 e. The number of benzene rings is 1. The molecule has 2 heterocycles. The monoisotopic (exact) mass is 493 g/mol. The van der Waals surface area contributed by atoms with Gasteiger partial charge in [0, 0.05) is 44.0 Å². The Bertz CT molecular complexity index is 1010. The summed E-state index contributed by atoms with van der Waals surface area (Å²) in [4.78, 5) is 19.7. The fraction of sp³-hybridized carbons (Fsp3) is 0.600. The van der Waals surface area contributed by atoms with Crippen LogP contribution in [-0.4, -0.2) is 54.2 Å². The summed E-state index contributed by atoms with van der Waals surface area (Å²) in [6.45, 7) is 10.5. The van der Waals surface area contributed by atoms with Gasteiger partial charge in [-0.3, -0.25) is 9.78 Å². The van der Waals surface area contributed by atoms with Gasteiger partial charge in [-0.15, -0.1) is 0 Å². The number of carbonyl (C=O) groups excluding carboxylic acids is 1. The minimum absolute atomic E-state index is 0.00151. The number of carbonyl (C=O) groups is 1. The van der Waals surface area contributed by atoms with E-state index in [1.54, 1.807) is 6.20 Å². The fourth-order valence-corrected chi connectivity index (χ4v) is 5.42. The predicted molar refractivity (Wildman–Crippen MR) is 144 cm³/mol. The van der Waals surface area contributed by atoms with E-state index in [1.807, 2.05) is 25.0 Å². The maximum absolute atomic E-state index is 13.3. The summed E-state index contributed by atoms with van der Waals surface area (Å²) in [6.07, 6.45) is 8.73. The predicted octanol–water partition coefficient (Wildman–Crippen LogP) is 5.42. The van der Waals surface area contributed by atoms with E-state index in [9.17, 15) is 4.79 Å². The van der Waals surface area contributed by atoms with Crippen LogP contribution in [0.3, 0.4) is 0 Å². The SMILES string of the molecule is CO[C@@H]1CCCC[C@@H]1NC1CCN(C(=O)c2nccc(OCc3ccc(C(C)(C)C)cc3)c2C)CC1. The number of methoxy groups -OCH3 is 1. The number of rotatable bonds is 7. The zero-order valence-electron chi connectivity index (χ0n) is 22.7. The highest BCUT2D eigenvalue weighted by molar-refractivity contribution is 5.94. The minimum Gasteiger partial charge on any atom is -0.488 e. The third-order valence-electron chi connectivity index (χ3n) is 7.81. The summed E-state index contributed by atoms with van der Waals surface area (Å²) in [5.41, 5.74) is 3.84. The van der Waals surface area contributed by atoms with E-state index in [2.05, 4.69) is 55.3 Å². The molecule has 1 aliphatic carbocycles. The summed E-state index contributed by atoms with van der Waals surface area (Å²) >= 11 is 0. The number of pyridine rings is 1. The summed E-state index contributed by atoms with van der Waals surface area (Å²) in [5, 5.41) is 3.82. The number of piperidine rings is 1. The highest BCUT2D eigenvalue weighted by Crippen LogP contribution is 2.26. The molecule has 0 unspecified atom stereocenters. The Hall–Kier alpha value is -2.44. The van der Waals surface area contributed by atoms with Crippen molar-refractivity contribution in [2.45, 2.75) is 96.4 Å². The largest absolute Gasteiger partial charge is 0.488 e. The fourth-order valence-electron chi connectivity index (χ4n) is 5.42. The molecule has 4 rings (SSSR count). The van der Waals surface area contributed by atoms with Crippen LogP contribution in [0.25, 0.3) is 0 Å². The van der Waals surface area contributed by atoms with E-state index in [1.165, 1.54) is 24.8 Å². The van der Waals surface area contributed by atoms with Gasteiger partial charge in [0.2, 0.25) is 0 Å². The molecule has 0 spiro atoms. The second-order valence-corrected chi connectivity index (χ2v) is 11.4. The lowest BCUT2D eigenvalue weighted by molar-refractivity contribution is 0.0329. The molecule has 196 valence electrons. The number of likely N-dealkylation sites (tertiary alicyclic amines) is 1. The normalized spacial score (nSPS) is 21.4. The van der Waals surface area contributed by atoms with Crippen molar-refractivity contribution in [3.8, 4) is 5.75 Å². The number of ether oxygens (including phenoxy) is 2. The van der Waals surface area contributed by atoms with Gasteiger partial charge in [0.05, 0.1) is 6.10 Å². The number of amides is 1. The van der Waals surface area contributed by atoms with E-state index in [0.29, 0.717) is 36.2 Å². The molecule has 0 radical (unpaired) electrons. The number of nitrogens with one attached hydrogen (secondary N) is 1. The van der Waals surface area contributed by atoms with Gasteiger partial charge in [0.15, 0.2) is 0 Å². The van der Waals surface area contributed by atoms with Crippen molar-refractivity contribution in [3.05, 3.63) is 58.9 Å². The first-order valence-electron chi connectivity index (χ1n) is 13.5. The topological polar surface area (TPSA) is 63.7 Å². The Labute approximate surface area is 216 Å². The van der Waals surface area contributed by atoms with Crippen molar-refractivity contribution in [2.75, 3.05) is 20.2 Å². The quantitative estimate of drug-likeness (QED) is 0.558. The van der Waals surface area contributed by atoms with Crippen LogP contribution in [0.5, 0.6) is 5.75 Å². The number of nitrogens with zero attached hydrogens (tertiary/aromatic N) is 2. The highest BCUT2D eigenvalue weighted by Gasteiger charge is 2.30. The lowest BCUT2D eigenvalue weighted by Crippen LogP contribution is -2.52. The summed E-state index contributed by atoms with van der Waals surface area (Å²) in [7, 11) is 1.82. The van der Waals surface area contributed by atoms with Crippen molar-refractivity contribution in [1.29, 1.82) is 0 Å². The van der Waals surface area contributed by atoms with Gasteiger partial charge in [0.1, 0.15) is 18.1 Å². The average Bonchev–Trinajstić information content (AvgIpc) is 2.88. The minimum atomic E-state index is -0.00151. The van der Waals surface area contributed by atoms with Gasteiger partial charge >= 0.3 is 0 Å². The molecule has 1 aliphatic heterocycles. The zero-order valence-corrected chi connectivity index (χ0v) is 22.7. The summed E-state index contributed by atoms with van der Waals surface area (Å²) in [6, 6.07) is 11.3. The van der Waals surface area contributed by atoms with Crippen LogP contribution < -0.4 is 10.1 Å². The number of aromatic nitrogens is 1. The average molecular weight is 494 g/mol. The Morgan fingerprint density at radius 3 is 2.42 bits per heavy atom. The molecule has 1 aromatic heterocycles. The van der Waals surface area contributed by atoms with Crippen LogP contribution in [0.1, 0.15) is 86.5 Å². The number of hydrogen-bond donors (Lipinski definition) is 1. The van der Waals surface area contributed by atoms with Crippen molar-refractivity contribution >= 4 is 5.91 Å². The molecular formula is C30H43N3O3. The van der Waals surface area contributed by atoms with E-state index >= 15 is 0 Å². The second-order valence-electron chi connectivity index (χ2n) is 11.4. The molecule has 1 amide bonds. The Morgan fingerprint density at radius 2 is 1.75 bits per heavy atom. The summed E-state index contributed by atoms with van der Waals surface area (Å²) < 4.78 is 11.8. The first-order chi connectivity index (χ1) is 17.3. The molecule has 1 saturated heterocycles. The van der Waals surface area contributed by atoms with E-state index in [0.717, 1.165) is 43.5 Å².